The van der Waals surface area contributed by atoms with Crippen molar-refractivity contribution in [1.29, 1.82) is 0 Å². The minimum Gasteiger partial charge on any atom is -0.373 e. The third kappa shape index (κ3) is 2.43. The van der Waals surface area contributed by atoms with E-state index in [2.05, 4.69) is 54.0 Å². The fraction of sp³-hybridized carbons (Fsp3) is 0.600. The lowest BCUT2D eigenvalue weighted by molar-refractivity contribution is -0.115. The summed E-state index contributed by atoms with van der Waals surface area (Å²) in [7, 11) is 0. The summed E-state index contributed by atoms with van der Waals surface area (Å²) in [5.41, 5.74) is 1.63. The Morgan fingerprint density at radius 3 is 2.41 bits per heavy atom. The maximum atomic E-state index is 6.10. The standard InChI is InChI=1S/C15H21BrO/c1-3-15(4-2)13(16)10-14(15)17-11-12-8-6-5-7-9-12/h5-9,13-14H,3-4,10-11H2,1-2H3. The van der Waals surface area contributed by atoms with Crippen molar-refractivity contribution in [1.82, 2.24) is 0 Å². The van der Waals surface area contributed by atoms with Gasteiger partial charge in [0.05, 0.1) is 12.7 Å². The number of hydrogen-bond acceptors (Lipinski definition) is 1. The highest BCUT2D eigenvalue weighted by Crippen LogP contribution is 2.52. The minimum atomic E-state index is 0.356. The SMILES string of the molecule is CCC1(CC)C(Br)CC1OCc1ccccc1. The van der Waals surface area contributed by atoms with Gasteiger partial charge in [-0.15, -0.1) is 0 Å². The van der Waals surface area contributed by atoms with Gasteiger partial charge < -0.3 is 4.74 Å². The average molecular weight is 297 g/mol. The zero-order valence-electron chi connectivity index (χ0n) is 10.7. The predicted molar refractivity (Wildman–Crippen MR) is 75.4 cm³/mol. The molecule has 0 saturated heterocycles. The van der Waals surface area contributed by atoms with Gasteiger partial charge in [0.1, 0.15) is 0 Å². The number of hydrogen-bond donors (Lipinski definition) is 0. The van der Waals surface area contributed by atoms with Gasteiger partial charge in [0.25, 0.3) is 0 Å². The van der Waals surface area contributed by atoms with Gasteiger partial charge in [-0.2, -0.15) is 0 Å². The lowest BCUT2D eigenvalue weighted by Crippen LogP contribution is -2.54. The van der Waals surface area contributed by atoms with Crippen LogP contribution in [0.5, 0.6) is 0 Å². The molecule has 2 atom stereocenters. The predicted octanol–water partition coefficient (Wildman–Crippen LogP) is 4.55. The Kier molecular flexibility index (Phi) is 4.26. The van der Waals surface area contributed by atoms with E-state index >= 15 is 0 Å². The van der Waals surface area contributed by atoms with Crippen molar-refractivity contribution in [3.05, 3.63) is 35.9 Å². The number of halogens is 1. The molecule has 0 bridgehead atoms. The van der Waals surface area contributed by atoms with E-state index in [-0.39, 0.29) is 0 Å². The van der Waals surface area contributed by atoms with E-state index in [0.717, 1.165) is 13.0 Å². The van der Waals surface area contributed by atoms with Crippen molar-refractivity contribution in [2.75, 3.05) is 0 Å². The van der Waals surface area contributed by atoms with Gasteiger partial charge in [0.2, 0.25) is 0 Å². The highest BCUT2D eigenvalue weighted by atomic mass is 79.9. The molecule has 0 amide bonds. The summed E-state index contributed by atoms with van der Waals surface area (Å²) in [4.78, 5) is 0.630. The maximum absolute atomic E-state index is 6.10. The highest BCUT2D eigenvalue weighted by molar-refractivity contribution is 9.09. The van der Waals surface area contributed by atoms with Gasteiger partial charge >= 0.3 is 0 Å². The van der Waals surface area contributed by atoms with E-state index in [9.17, 15) is 0 Å². The van der Waals surface area contributed by atoms with Crippen molar-refractivity contribution in [2.24, 2.45) is 5.41 Å². The topological polar surface area (TPSA) is 9.23 Å². The Morgan fingerprint density at radius 1 is 1.24 bits per heavy atom. The van der Waals surface area contributed by atoms with Crippen LogP contribution in [0.4, 0.5) is 0 Å². The maximum Gasteiger partial charge on any atom is 0.0720 e. The molecule has 1 aromatic carbocycles. The second-order valence-corrected chi connectivity index (χ2v) is 6.03. The van der Waals surface area contributed by atoms with E-state index in [1.54, 1.807) is 0 Å². The first-order chi connectivity index (χ1) is 8.23. The Morgan fingerprint density at radius 2 is 1.88 bits per heavy atom. The first-order valence-electron chi connectivity index (χ1n) is 6.52. The normalized spacial score (nSPS) is 26.5. The molecular weight excluding hydrogens is 276 g/mol. The summed E-state index contributed by atoms with van der Waals surface area (Å²) in [5, 5.41) is 0. The molecule has 94 valence electrons. The fourth-order valence-electron chi connectivity index (χ4n) is 2.85. The molecule has 0 aliphatic heterocycles. The summed E-state index contributed by atoms with van der Waals surface area (Å²) >= 11 is 3.79. The van der Waals surface area contributed by atoms with E-state index < -0.39 is 0 Å². The molecule has 0 N–H and O–H groups in total. The molecule has 0 aromatic heterocycles. The van der Waals surface area contributed by atoms with Crippen LogP contribution < -0.4 is 0 Å². The molecule has 1 fully saturated rings. The molecule has 2 unspecified atom stereocenters. The van der Waals surface area contributed by atoms with Crippen molar-refractivity contribution >= 4 is 15.9 Å². The van der Waals surface area contributed by atoms with Gasteiger partial charge in [0, 0.05) is 10.2 Å². The van der Waals surface area contributed by atoms with E-state index in [0.29, 0.717) is 16.3 Å². The number of alkyl halides is 1. The molecule has 1 nitrogen and oxygen atoms in total. The second-order valence-electron chi connectivity index (χ2n) is 4.93. The van der Waals surface area contributed by atoms with Crippen LogP contribution in [0.3, 0.4) is 0 Å². The van der Waals surface area contributed by atoms with E-state index in [4.69, 9.17) is 4.74 Å². The summed E-state index contributed by atoms with van der Waals surface area (Å²) in [6.07, 6.45) is 3.95. The molecule has 0 radical (unpaired) electrons. The molecular formula is C15H21BrO. The Hall–Kier alpha value is -0.340. The lowest BCUT2D eigenvalue weighted by atomic mass is 9.62. The minimum absolute atomic E-state index is 0.356. The number of rotatable bonds is 5. The summed E-state index contributed by atoms with van der Waals surface area (Å²) in [5.74, 6) is 0. The van der Waals surface area contributed by atoms with Crippen molar-refractivity contribution in [3.63, 3.8) is 0 Å². The average Bonchev–Trinajstić information content (AvgIpc) is 2.37. The molecule has 2 rings (SSSR count). The van der Waals surface area contributed by atoms with Crippen LogP contribution in [0, 0.1) is 5.41 Å². The van der Waals surface area contributed by atoms with Gasteiger partial charge in [0.15, 0.2) is 0 Å². The van der Waals surface area contributed by atoms with Crippen LogP contribution in [0.2, 0.25) is 0 Å². The summed E-state index contributed by atoms with van der Waals surface area (Å²) < 4.78 is 6.10. The Balaban J connectivity index is 1.92. The first-order valence-corrected chi connectivity index (χ1v) is 7.44. The van der Waals surface area contributed by atoms with Crippen molar-refractivity contribution in [2.45, 2.75) is 50.6 Å². The van der Waals surface area contributed by atoms with Crippen LogP contribution in [0.15, 0.2) is 30.3 Å². The smallest absolute Gasteiger partial charge is 0.0720 e. The molecule has 2 heteroatoms. The van der Waals surface area contributed by atoms with Crippen molar-refractivity contribution in [3.8, 4) is 0 Å². The molecule has 1 aliphatic rings. The zero-order valence-corrected chi connectivity index (χ0v) is 12.2. The van der Waals surface area contributed by atoms with Crippen LogP contribution in [0.25, 0.3) is 0 Å². The second kappa shape index (κ2) is 5.53. The van der Waals surface area contributed by atoms with Gasteiger partial charge in [-0.1, -0.05) is 60.1 Å². The van der Waals surface area contributed by atoms with Crippen LogP contribution in [0.1, 0.15) is 38.7 Å². The third-order valence-corrected chi connectivity index (χ3v) is 5.58. The third-order valence-electron chi connectivity index (χ3n) is 4.30. The molecule has 0 spiro atoms. The van der Waals surface area contributed by atoms with Gasteiger partial charge in [-0.25, -0.2) is 0 Å². The van der Waals surface area contributed by atoms with Gasteiger partial charge in [-0.3, -0.25) is 0 Å². The summed E-state index contributed by atoms with van der Waals surface area (Å²) in [6, 6.07) is 10.4. The molecule has 17 heavy (non-hydrogen) atoms. The molecule has 1 saturated carbocycles. The van der Waals surface area contributed by atoms with E-state index in [1.807, 2.05) is 6.07 Å². The zero-order chi connectivity index (χ0) is 12.3. The van der Waals surface area contributed by atoms with Crippen LogP contribution in [-0.2, 0) is 11.3 Å². The Bertz CT molecular complexity index is 345. The van der Waals surface area contributed by atoms with Crippen molar-refractivity contribution < 1.29 is 4.74 Å². The largest absolute Gasteiger partial charge is 0.373 e. The molecule has 0 heterocycles. The van der Waals surface area contributed by atoms with Crippen LogP contribution in [-0.4, -0.2) is 10.9 Å². The van der Waals surface area contributed by atoms with Gasteiger partial charge in [-0.05, 0) is 24.8 Å². The molecule has 1 aromatic rings. The Labute approximate surface area is 113 Å². The first kappa shape index (κ1) is 13.1. The number of benzene rings is 1. The highest BCUT2D eigenvalue weighted by Gasteiger charge is 2.52. The molecule has 1 aliphatic carbocycles. The van der Waals surface area contributed by atoms with Crippen LogP contribution >= 0.6 is 15.9 Å². The summed E-state index contributed by atoms with van der Waals surface area (Å²) in [6.45, 7) is 5.29. The monoisotopic (exact) mass is 296 g/mol. The lowest BCUT2D eigenvalue weighted by Gasteiger charge is -2.53. The van der Waals surface area contributed by atoms with E-state index in [1.165, 1.54) is 18.4 Å². The quantitative estimate of drug-likeness (QED) is 0.725. The fourth-order valence-corrected chi connectivity index (χ4v) is 4.13. The number of ether oxygens (including phenoxy) is 1.